The van der Waals surface area contributed by atoms with Crippen molar-refractivity contribution >= 4 is 0 Å². The number of hydrogen-bond acceptors (Lipinski definition) is 0. The third-order valence-corrected chi connectivity index (χ3v) is 16.8. The molecule has 4 fully saturated rings. The lowest BCUT2D eigenvalue weighted by atomic mass is 9.69. The topological polar surface area (TPSA) is 0 Å². The predicted octanol–water partition coefficient (Wildman–Crippen LogP) is 26.6. The molecule has 7 rings (SSSR count). The van der Waals surface area contributed by atoms with Crippen LogP contribution in [-0.2, 0) is 0 Å². The molecule has 0 aromatic heterocycles. The highest BCUT2D eigenvalue weighted by atomic mass is 14.3. The van der Waals surface area contributed by atoms with Crippen LogP contribution in [0.3, 0.4) is 0 Å². The molecule has 0 heterocycles. The standard InChI is InChI=1S/C12H24.C11H22.3C11H20.C10H20.C9H18/c1-12(2,3)10-9-11-7-5-4-6-8-11;4*1-11(2,3)9-10-7-5-4-6-8-10;1-8-5-9(6-8)7-10(2,3)4;1-9(2,3)7-8-5-4-6-8/h11H,4-10H2,1-3H3;10H,4-9H2,1-3H3;7H,4-6,8-9H2,1-3H3;5,7,10H,4,6,8-9H2,1-3H3;4-5,10H,6-9H2,1-3H3;8-9H,5-7H2,1-4H3;8H,4-7H2,1-3H3. The molecule has 0 heteroatoms. The van der Waals surface area contributed by atoms with Gasteiger partial charge in [-0.15, -0.1) is 0 Å². The van der Waals surface area contributed by atoms with Crippen LogP contribution in [0.1, 0.15) is 364 Å². The minimum atomic E-state index is 0.489. The van der Waals surface area contributed by atoms with Gasteiger partial charge in [-0.1, -0.05) is 272 Å². The fourth-order valence-corrected chi connectivity index (χ4v) is 13.5. The molecule has 7 aliphatic rings. The molecule has 444 valence electrons. The first-order valence-electron chi connectivity index (χ1n) is 33.4. The first kappa shape index (κ1) is 72.2. The SMILES string of the molecule is CC(C)(C)CC1=CCCCC1.CC(C)(C)CC1C=CCCC1.CC(C)(C)CC1CC=CCC1.CC(C)(C)CC1CCC1.CC(C)(C)CC1CCCCC1.CC(C)(C)CCC1CCCCC1.CC1CC(CC(C)(C)C)C1. The lowest BCUT2D eigenvalue weighted by Crippen LogP contribution is -2.25. The van der Waals surface area contributed by atoms with Crippen LogP contribution in [0, 0.1) is 79.3 Å². The third kappa shape index (κ3) is 46.7. The average Bonchev–Trinajstić information content (AvgIpc) is 3.24. The Balaban J connectivity index is 0.000000438. The molecule has 0 amide bonds. The maximum absolute atomic E-state index is 2.45. The summed E-state index contributed by atoms with van der Waals surface area (Å²) >= 11 is 0. The van der Waals surface area contributed by atoms with Crippen molar-refractivity contribution in [3.05, 3.63) is 36.0 Å². The molecule has 2 unspecified atom stereocenters. The van der Waals surface area contributed by atoms with Crippen LogP contribution in [0.2, 0.25) is 0 Å². The Kier molecular flexibility index (Phi) is 34.5. The average molecular weight is 1050 g/mol. The van der Waals surface area contributed by atoms with E-state index in [9.17, 15) is 0 Å². The van der Waals surface area contributed by atoms with Crippen LogP contribution in [0.25, 0.3) is 0 Å². The van der Waals surface area contributed by atoms with Crippen LogP contribution in [0.15, 0.2) is 36.0 Å². The Morgan fingerprint density at radius 1 is 0.360 bits per heavy atom. The van der Waals surface area contributed by atoms with E-state index in [1.807, 2.05) is 0 Å². The number of hydrogen-bond donors (Lipinski definition) is 0. The highest BCUT2D eigenvalue weighted by Crippen LogP contribution is 2.41. The Morgan fingerprint density at radius 3 is 1.19 bits per heavy atom. The first-order chi connectivity index (χ1) is 34.4. The molecule has 7 aliphatic carbocycles. The van der Waals surface area contributed by atoms with Crippen molar-refractivity contribution in [1.29, 1.82) is 0 Å². The molecule has 0 radical (unpaired) electrons. The molecular formula is C75H144. The fraction of sp³-hybridized carbons (Fsp3) is 0.920. The zero-order chi connectivity index (χ0) is 57.0. The van der Waals surface area contributed by atoms with Gasteiger partial charge in [-0.2, -0.15) is 0 Å². The zero-order valence-electron chi connectivity index (χ0n) is 56.3. The van der Waals surface area contributed by atoms with E-state index in [0.29, 0.717) is 37.9 Å². The van der Waals surface area contributed by atoms with Crippen LogP contribution < -0.4 is 0 Å². The van der Waals surface area contributed by atoms with Gasteiger partial charge in [0, 0.05) is 0 Å². The fourth-order valence-electron chi connectivity index (χ4n) is 13.5. The second kappa shape index (κ2) is 35.8. The predicted molar refractivity (Wildman–Crippen MR) is 345 cm³/mol. The van der Waals surface area contributed by atoms with Gasteiger partial charge in [-0.05, 0) is 208 Å². The summed E-state index contributed by atoms with van der Waals surface area (Å²) in [4.78, 5) is 0. The van der Waals surface area contributed by atoms with Crippen molar-refractivity contribution in [2.75, 3.05) is 0 Å². The summed E-state index contributed by atoms with van der Waals surface area (Å²) in [5, 5.41) is 0. The van der Waals surface area contributed by atoms with Crippen molar-refractivity contribution in [2.45, 2.75) is 364 Å². The maximum Gasteiger partial charge on any atom is -0.0228 e. The van der Waals surface area contributed by atoms with E-state index >= 15 is 0 Å². The molecule has 75 heavy (non-hydrogen) atoms. The maximum atomic E-state index is 2.45. The largest absolute Gasteiger partial charge is 0.0885 e. The van der Waals surface area contributed by atoms with E-state index in [1.165, 1.54) is 212 Å². The normalized spacial score (nSPS) is 24.1. The van der Waals surface area contributed by atoms with E-state index < -0.39 is 0 Å². The summed E-state index contributed by atoms with van der Waals surface area (Å²) in [6, 6.07) is 0. The van der Waals surface area contributed by atoms with Gasteiger partial charge in [0.25, 0.3) is 0 Å². The molecular weight excluding hydrogens is 901 g/mol. The summed E-state index contributed by atoms with van der Waals surface area (Å²) < 4.78 is 0. The second-order valence-corrected chi connectivity index (χ2v) is 35.3. The highest BCUT2D eigenvalue weighted by Gasteiger charge is 2.29. The molecule has 0 nitrogen and oxygen atoms in total. The van der Waals surface area contributed by atoms with Crippen molar-refractivity contribution in [2.24, 2.45) is 79.3 Å². The Morgan fingerprint density at radius 2 is 0.827 bits per heavy atom. The first-order valence-corrected chi connectivity index (χ1v) is 33.4. The Labute approximate surface area is 477 Å². The van der Waals surface area contributed by atoms with E-state index in [0.717, 1.165) is 41.4 Å². The van der Waals surface area contributed by atoms with E-state index in [4.69, 9.17) is 0 Å². The van der Waals surface area contributed by atoms with Crippen molar-refractivity contribution in [3.63, 3.8) is 0 Å². The molecule has 0 aliphatic heterocycles. The smallest absolute Gasteiger partial charge is 0.0228 e. The molecule has 4 saturated carbocycles. The van der Waals surface area contributed by atoms with Gasteiger partial charge in [0.05, 0.1) is 0 Å². The molecule has 0 spiro atoms. The summed E-state index contributed by atoms with van der Waals surface area (Å²) in [7, 11) is 0. The van der Waals surface area contributed by atoms with Crippen molar-refractivity contribution in [1.82, 2.24) is 0 Å². The zero-order valence-corrected chi connectivity index (χ0v) is 56.3. The molecule has 0 bridgehead atoms. The lowest BCUT2D eigenvalue weighted by Gasteiger charge is -2.37. The van der Waals surface area contributed by atoms with Gasteiger partial charge >= 0.3 is 0 Å². The summed E-state index contributed by atoms with van der Waals surface area (Å²) in [6.45, 7) is 51.5. The molecule has 0 N–H and O–H groups in total. The molecule has 0 saturated heterocycles. The number of allylic oxidation sites excluding steroid dienone is 6. The summed E-state index contributed by atoms with van der Waals surface area (Å²) in [5.41, 5.74) is 5.46. The van der Waals surface area contributed by atoms with Gasteiger partial charge in [-0.3, -0.25) is 0 Å². The third-order valence-electron chi connectivity index (χ3n) is 16.8. The van der Waals surface area contributed by atoms with E-state index in [2.05, 4.69) is 183 Å². The quantitative estimate of drug-likeness (QED) is 0.213. The molecule has 2 atom stereocenters. The van der Waals surface area contributed by atoms with Crippen molar-refractivity contribution < 1.29 is 0 Å². The van der Waals surface area contributed by atoms with Crippen molar-refractivity contribution in [3.8, 4) is 0 Å². The minimum Gasteiger partial charge on any atom is -0.0885 e. The molecule has 0 aromatic rings. The highest BCUT2D eigenvalue weighted by molar-refractivity contribution is 5.07. The van der Waals surface area contributed by atoms with Crippen LogP contribution in [-0.4, -0.2) is 0 Å². The minimum absolute atomic E-state index is 0.489. The van der Waals surface area contributed by atoms with Gasteiger partial charge in [-0.25, -0.2) is 0 Å². The summed E-state index contributed by atoms with van der Waals surface area (Å²) in [6.07, 6.45) is 59.2. The number of rotatable bonds is 8. The van der Waals surface area contributed by atoms with Gasteiger partial charge in [0.1, 0.15) is 0 Å². The Bertz CT molecular complexity index is 1460. The van der Waals surface area contributed by atoms with Crippen LogP contribution in [0.5, 0.6) is 0 Å². The second-order valence-electron chi connectivity index (χ2n) is 35.3. The van der Waals surface area contributed by atoms with Crippen LogP contribution >= 0.6 is 0 Å². The van der Waals surface area contributed by atoms with Gasteiger partial charge < -0.3 is 0 Å². The van der Waals surface area contributed by atoms with E-state index in [1.54, 1.807) is 5.57 Å². The van der Waals surface area contributed by atoms with Gasteiger partial charge in [0.2, 0.25) is 0 Å². The Hall–Kier alpha value is -0.780. The molecule has 0 aromatic carbocycles. The monoisotopic (exact) mass is 1050 g/mol. The lowest BCUT2D eigenvalue weighted by molar-refractivity contribution is 0.147. The van der Waals surface area contributed by atoms with Crippen LogP contribution in [0.4, 0.5) is 0 Å². The van der Waals surface area contributed by atoms with E-state index in [-0.39, 0.29) is 0 Å². The summed E-state index contributed by atoms with van der Waals surface area (Å²) in [5.74, 6) is 7.08. The van der Waals surface area contributed by atoms with Gasteiger partial charge in [0.15, 0.2) is 0 Å².